The Morgan fingerprint density at radius 2 is 2.04 bits per heavy atom. The van der Waals surface area contributed by atoms with Crippen LogP contribution < -0.4 is 4.90 Å². The topological polar surface area (TPSA) is 62.7 Å². The maximum Gasteiger partial charge on any atom is 0.311 e. The molecular formula is C18H19FN2O3. The number of benzene rings is 1. The van der Waals surface area contributed by atoms with Crippen LogP contribution in [0.4, 0.5) is 10.1 Å². The second kappa shape index (κ2) is 5.70. The molecule has 4 rings (SSSR count). The van der Waals surface area contributed by atoms with E-state index in [-0.39, 0.29) is 17.7 Å². The molecule has 126 valence electrons. The number of hydrogen-bond donors (Lipinski definition) is 1. The van der Waals surface area contributed by atoms with Crippen LogP contribution in [0.5, 0.6) is 0 Å². The van der Waals surface area contributed by atoms with E-state index in [1.807, 2.05) is 6.07 Å². The molecule has 0 amide bonds. The number of fused-ring (bicyclic) bond motifs is 1. The van der Waals surface area contributed by atoms with Gasteiger partial charge in [-0.2, -0.15) is 0 Å². The van der Waals surface area contributed by atoms with Crippen LogP contribution in [-0.4, -0.2) is 34.9 Å². The Morgan fingerprint density at radius 3 is 2.75 bits per heavy atom. The maximum atomic E-state index is 13.6. The first-order valence-electron chi connectivity index (χ1n) is 8.29. The number of aromatic nitrogens is 1. The third kappa shape index (κ3) is 2.94. The van der Waals surface area contributed by atoms with Gasteiger partial charge in [-0.15, -0.1) is 0 Å². The first-order chi connectivity index (χ1) is 11.5. The lowest BCUT2D eigenvalue weighted by atomic mass is 10.0. The highest BCUT2D eigenvalue weighted by molar-refractivity contribution is 5.91. The number of ether oxygens (including phenoxy) is 1. The SMILES string of the molecule is O=C(OC1(O)CCN(c2ccnc3ccc(F)cc23)CC1)C1CC1. The van der Waals surface area contributed by atoms with E-state index in [9.17, 15) is 14.3 Å². The average molecular weight is 330 g/mol. The summed E-state index contributed by atoms with van der Waals surface area (Å²) in [4.78, 5) is 18.1. The molecule has 1 saturated carbocycles. The predicted molar refractivity (Wildman–Crippen MR) is 86.9 cm³/mol. The minimum absolute atomic E-state index is 0.0285. The number of piperidine rings is 1. The molecule has 24 heavy (non-hydrogen) atoms. The van der Waals surface area contributed by atoms with Gasteiger partial charge in [-0.25, -0.2) is 4.39 Å². The molecule has 2 aromatic rings. The quantitative estimate of drug-likeness (QED) is 0.692. The van der Waals surface area contributed by atoms with Crippen molar-refractivity contribution in [2.75, 3.05) is 18.0 Å². The Bertz CT molecular complexity index is 783. The van der Waals surface area contributed by atoms with E-state index in [1.54, 1.807) is 12.3 Å². The zero-order chi connectivity index (χ0) is 16.7. The standard InChI is InChI=1S/C18H19FN2O3/c19-13-3-4-15-14(11-13)16(5-8-20-15)21-9-6-18(23,7-10-21)24-17(22)12-1-2-12/h3-5,8,11-12,23H,1-2,6-7,9-10H2. The highest BCUT2D eigenvalue weighted by Crippen LogP contribution is 2.35. The van der Waals surface area contributed by atoms with Crippen molar-refractivity contribution in [1.29, 1.82) is 0 Å². The minimum atomic E-state index is -1.38. The number of carbonyl (C=O) groups excluding carboxylic acids is 1. The van der Waals surface area contributed by atoms with Gasteiger partial charge in [0.2, 0.25) is 5.79 Å². The van der Waals surface area contributed by atoms with Gasteiger partial charge in [-0.05, 0) is 37.1 Å². The van der Waals surface area contributed by atoms with E-state index in [4.69, 9.17) is 4.74 Å². The molecule has 6 heteroatoms. The number of rotatable bonds is 3. The molecule has 1 aromatic carbocycles. The van der Waals surface area contributed by atoms with E-state index in [0.29, 0.717) is 25.9 Å². The van der Waals surface area contributed by atoms with Crippen LogP contribution >= 0.6 is 0 Å². The molecule has 0 spiro atoms. The molecule has 2 aliphatic rings. The fraction of sp³-hybridized carbons (Fsp3) is 0.444. The van der Waals surface area contributed by atoms with Crippen LogP contribution in [0.25, 0.3) is 10.9 Å². The van der Waals surface area contributed by atoms with Gasteiger partial charge in [0.05, 0.1) is 11.4 Å². The van der Waals surface area contributed by atoms with Crippen molar-refractivity contribution in [3.05, 3.63) is 36.3 Å². The number of esters is 1. The summed E-state index contributed by atoms with van der Waals surface area (Å²) in [6, 6.07) is 6.38. The maximum absolute atomic E-state index is 13.6. The number of halogens is 1. The van der Waals surface area contributed by atoms with Gasteiger partial charge < -0.3 is 14.7 Å². The summed E-state index contributed by atoms with van der Waals surface area (Å²) >= 11 is 0. The van der Waals surface area contributed by atoms with Gasteiger partial charge in [-0.3, -0.25) is 9.78 Å². The summed E-state index contributed by atoms with van der Waals surface area (Å²) in [6.07, 6.45) is 4.09. The van der Waals surface area contributed by atoms with Crippen molar-refractivity contribution in [2.45, 2.75) is 31.5 Å². The van der Waals surface area contributed by atoms with Crippen LogP contribution in [0, 0.1) is 11.7 Å². The van der Waals surface area contributed by atoms with E-state index < -0.39 is 5.79 Å². The Kier molecular flexibility index (Phi) is 3.64. The molecule has 2 fully saturated rings. The first-order valence-corrected chi connectivity index (χ1v) is 8.29. The van der Waals surface area contributed by atoms with Crippen molar-refractivity contribution < 1.29 is 19.0 Å². The molecule has 2 heterocycles. The minimum Gasteiger partial charge on any atom is -0.433 e. The van der Waals surface area contributed by atoms with Gasteiger partial charge in [0.1, 0.15) is 5.82 Å². The number of nitrogens with zero attached hydrogens (tertiary/aromatic N) is 2. The van der Waals surface area contributed by atoms with Gasteiger partial charge in [0.15, 0.2) is 0 Å². The summed E-state index contributed by atoms with van der Waals surface area (Å²) in [5.74, 6) is -2.00. The lowest BCUT2D eigenvalue weighted by Crippen LogP contribution is -2.47. The summed E-state index contributed by atoms with van der Waals surface area (Å²) in [7, 11) is 0. The fourth-order valence-electron chi connectivity index (χ4n) is 3.17. The van der Waals surface area contributed by atoms with Crippen LogP contribution in [-0.2, 0) is 9.53 Å². The van der Waals surface area contributed by atoms with Crippen molar-refractivity contribution in [3.63, 3.8) is 0 Å². The fourth-order valence-corrected chi connectivity index (χ4v) is 3.17. The Morgan fingerprint density at radius 1 is 1.29 bits per heavy atom. The predicted octanol–water partition coefficient (Wildman–Crippen LogP) is 2.62. The van der Waals surface area contributed by atoms with Crippen LogP contribution in [0.2, 0.25) is 0 Å². The highest BCUT2D eigenvalue weighted by atomic mass is 19.1. The molecule has 1 saturated heterocycles. The third-order valence-electron chi connectivity index (χ3n) is 4.77. The smallest absolute Gasteiger partial charge is 0.311 e. The Labute approximate surface area is 139 Å². The number of pyridine rings is 1. The summed E-state index contributed by atoms with van der Waals surface area (Å²) in [5, 5.41) is 11.2. The van der Waals surface area contributed by atoms with Gasteiger partial charge >= 0.3 is 5.97 Å². The number of carbonyl (C=O) groups is 1. The highest BCUT2D eigenvalue weighted by Gasteiger charge is 2.40. The van der Waals surface area contributed by atoms with Crippen LogP contribution in [0.3, 0.4) is 0 Å². The van der Waals surface area contributed by atoms with E-state index in [2.05, 4.69) is 9.88 Å². The molecule has 1 aliphatic carbocycles. The third-order valence-corrected chi connectivity index (χ3v) is 4.77. The molecule has 0 bridgehead atoms. The van der Waals surface area contributed by atoms with E-state index in [1.165, 1.54) is 12.1 Å². The van der Waals surface area contributed by atoms with Gasteiger partial charge in [-0.1, -0.05) is 0 Å². The van der Waals surface area contributed by atoms with E-state index in [0.717, 1.165) is 29.4 Å². The van der Waals surface area contributed by atoms with Gasteiger partial charge in [0.25, 0.3) is 0 Å². The number of anilines is 1. The second-order valence-corrected chi connectivity index (χ2v) is 6.62. The van der Waals surface area contributed by atoms with E-state index >= 15 is 0 Å². The van der Waals surface area contributed by atoms with Crippen molar-refractivity contribution >= 4 is 22.6 Å². The zero-order valence-corrected chi connectivity index (χ0v) is 13.2. The molecule has 0 radical (unpaired) electrons. The lowest BCUT2D eigenvalue weighted by molar-refractivity contribution is -0.217. The van der Waals surface area contributed by atoms with Crippen LogP contribution in [0.1, 0.15) is 25.7 Å². The largest absolute Gasteiger partial charge is 0.433 e. The lowest BCUT2D eigenvalue weighted by Gasteiger charge is -2.38. The molecule has 1 aliphatic heterocycles. The second-order valence-electron chi connectivity index (χ2n) is 6.62. The molecule has 1 N–H and O–H groups in total. The first kappa shape index (κ1) is 15.3. The molecule has 1 aromatic heterocycles. The van der Waals surface area contributed by atoms with Crippen molar-refractivity contribution in [1.82, 2.24) is 4.98 Å². The van der Waals surface area contributed by atoms with Crippen molar-refractivity contribution in [2.24, 2.45) is 5.92 Å². The molecule has 0 unspecified atom stereocenters. The molecule has 0 atom stereocenters. The van der Waals surface area contributed by atoms with Gasteiger partial charge in [0, 0.05) is 43.2 Å². The summed E-state index contributed by atoms with van der Waals surface area (Å²) < 4.78 is 18.9. The summed E-state index contributed by atoms with van der Waals surface area (Å²) in [6.45, 7) is 1.06. The molecular weight excluding hydrogens is 311 g/mol. The normalized spacial score (nSPS) is 20.2. The summed E-state index contributed by atoms with van der Waals surface area (Å²) in [5.41, 5.74) is 1.62. The average Bonchev–Trinajstić information content (AvgIpc) is 3.40. The molecule has 5 nitrogen and oxygen atoms in total. The number of aliphatic hydroxyl groups is 1. The number of hydrogen-bond acceptors (Lipinski definition) is 5. The van der Waals surface area contributed by atoms with Crippen LogP contribution in [0.15, 0.2) is 30.5 Å². The monoisotopic (exact) mass is 330 g/mol. The zero-order valence-electron chi connectivity index (χ0n) is 13.2. The van der Waals surface area contributed by atoms with Crippen molar-refractivity contribution in [3.8, 4) is 0 Å². The Hall–Kier alpha value is -2.21. The Balaban J connectivity index is 1.51.